The average molecular weight is 407 g/mol. The molecule has 0 spiro atoms. The van der Waals surface area contributed by atoms with Crippen molar-refractivity contribution < 1.29 is 14.3 Å². The molecule has 7 heteroatoms. The molecule has 0 bridgehead atoms. The second-order valence-corrected chi connectivity index (χ2v) is 7.50. The maximum Gasteiger partial charge on any atom is 0.334 e. The van der Waals surface area contributed by atoms with Crippen molar-refractivity contribution in [3.8, 4) is 5.75 Å². The molecule has 1 saturated carbocycles. The molecule has 0 saturated heterocycles. The molecule has 30 heavy (non-hydrogen) atoms. The first-order valence-electron chi connectivity index (χ1n) is 10.3. The van der Waals surface area contributed by atoms with Gasteiger partial charge in [0.05, 0.1) is 17.1 Å². The molecule has 1 aliphatic carbocycles. The number of pyridine rings is 1. The lowest BCUT2D eigenvalue weighted by atomic mass is 9.97. The highest BCUT2D eigenvalue weighted by molar-refractivity contribution is 5.80. The summed E-state index contributed by atoms with van der Waals surface area (Å²) < 4.78 is 12.9. The Labute approximate surface area is 174 Å². The molecule has 3 aromatic rings. The zero-order valence-corrected chi connectivity index (χ0v) is 16.8. The van der Waals surface area contributed by atoms with E-state index in [1.54, 1.807) is 42.6 Å². The molecule has 1 aliphatic rings. The zero-order valence-electron chi connectivity index (χ0n) is 16.8. The number of nitrogens with zero attached hydrogens (tertiary/aromatic N) is 2. The lowest BCUT2D eigenvalue weighted by Crippen LogP contribution is -2.34. The van der Waals surface area contributed by atoms with Crippen LogP contribution in [0.1, 0.15) is 43.7 Å². The van der Waals surface area contributed by atoms with E-state index in [2.05, 4.69) is 16.8 Å². The van der Waals surface area contributed by atoms with Gasteiger partial charge in [-0.3, -0.25) is 14.5 Å². The maximum absolute atomic E-state index is 13.3. The number of esters is 1. The Morgan fingerprint density at radius 1 is 1.30 bits per heavy atom. The molecule has 4 rings (SSSR count). The van der Waals surface area contributed by atoms with Gasteiger partial charge in [-0.25, -0.2) is 4.79 Å². The maximum atomic E-state index is 13.3. The Bertz CT molecular complexity index is 1100. The number of carbonyl (C=O) groups excluding carboxylic acids is 1. The fourth-order valence-electron chi connectivity index (χ4n) is 3.91. The fraction of sp³-hybridized carbons (Fsp3) is 0.348. The van der Waals surface area contributed by atoms with Gasteiger partial charge >= 0.3 is 5.97 Å². The van der Waals surface area contributed by atoms with Crippen LogP contribution in [0, 0.1) is 0 Å². The van der Waals surface area contributed by atoms with Crippen molar-refractivity contribution >= 4 is 16.9 Å². The summed E-state index contributed by atoms with van der Waals surface area (Å²) in [6.45, 7) is 4.00. The summed E-state index contributed by atoms with van der Waals surface area (Å²) in [6, 6.07) is 8.00. The van der Waals surface area contributed by atoms with Gasteiger partial charge in [-0.05, 0) is 49.4 Å². The molecule has 0 amide bonds. The van der Waals surface area contributed by atoms with Gasteiger partial charge in [0, 0.05) is 6.20 Å². The minimum absolute atomic E-state index is 0.109. The monoisotopic (exact) mass is 407 g/mol. The molecule has 2 aromatic heterocycles. The Hall–Kier alpha value is -3.35. The van der Waals surface area contributed by atoms with Gasteiger partial charge in [0.2, 0.25) is 0 Å². The minimum Gasteiger partial charge on any atom is -0.490 e. The first kappa shape index (κ1) is 19.9. The average Bonchev–Trinajstić information content (AvgIpc) is 3.25. The van der Waals surface area contributed by atoms with Crippen LogP contribution in [0.25, 0.3) is 10.9 Å². The van der Waals surface area contributed by atoms with E-state index in [9.17, 15) is 9.59 Å². The number of carbonyl (C=O) groups is 1. The van der Waals surface area contributed by atoms with Crippen molar-refractivity contribution in [3.63, 3.8) is 0 Å². The second kappa shape index (κ2) is 8.98. The predicted octanol–water partition coefficient (Wildman–Crippen LogP) is 3.75. The van der Waals surface area contributed by atoms with Crippen molar-refractivity contribution in [1.82, 2.24) is 14.8 Å². The van der Waals surface area contributed by atoms with Gasteiger partial charge in [-0.2, -0.15) is 5.10 Å². The van der Waals surface area contributed by atoms with Crippen LogP contribution in [0.4, 0.5) is 0 Å². The van der Waals surface area contributed by atoms with Crippen molar-refractivity contribution in [3.05, 3.63) is 71.3 Å². The number of H-pyrrole nitrogens is 1. The second-order valence-electron chi connectivity index (χ2n) is 7.50. The third kappa shape index (κ3) is 4.15. The Balaban J connectivity index is 1.74. The SMILES string of the molecule is C=CCOc1cccc(C(C(=O)OC2CCCCC2)n2ccc3[nH]ncc3c2=O)c1. The summed E-state index contributed by atoms with van der Waals surface area (Å²) in [7, 11) is 0. The van der Waals surface area contributed by atoms with E-state index < -0.39 is 12.0 Å². The summed E-state index contributed by atoms with van der Waals surface area (Å²) >= 11 is 0. The Morgan fingerprint density at radius 3 is 2.93 bits per heavy atom. The molecule has 1 fully saturated rings. The normalized spacial score (nSPS) is 15.6. The molecular weight excluding hydrogens is 382 g/mol. The number of rotatable bonds is 7. The number of hydrogen-bond donors (Lipinski definition) is 1. The summed E-state index contributed by atoms with van der Waals surface area (Å²) in [5.74, 6) is 0.160. The summed E-state index contributed by atoms with van der Waals surface area (Å²) in [5, 5.41) is 7.15. The first-order valence-corrected chi connectivity index (χ1v) is 10.3. The lowest BCUT2D eigenvalue weighted by Gasteiger charge is -2.26. The van der Waals surface area contributed by atoms with Crippen LogP contribution in [0.5, 0.6) is 5.75 Å². The van der Waals surface area contributed by atoms with Crippen LogP contribution in [0.15, 0.2) is 60.2 Å². The highest BCUT2D eigenvalue weighted by Crippen LogP contribution is 2.27. The van der Waals surface area contributed by atoms with Gasteiger partial charge in [0.15, 0.2) is 6.04 Å². The van der Waals surface area contributed by atoms with Gasteiger partial charge in [0.1, 0.15) is 18.5 Å². The molecule has 7 nitrogen and oxygen atoms in total. The largest absolute Gasteiger partial charge is 0.490 e. The molecule has 1 N–H and O–H groups in total. The van der Waals surface area contributed by atoms with Crippen molar-refractivity contribution in [2.24, 2.45) is 0 Å². The van der Waals surface area contributed by atoms with E-state index in [1.807, 2.05) is 0 Å². The standard InChI is InChI=1S/C23H25N3O4/c1-2-13-29-18-10-6-7-16(14-18)21(23(28)30-17-8-4-3-5-9-17)26-12-11-20-19(22(26)27)15-24-25-20/h2,6-7,10-12,14-15,17,21H,1,3-5,8-9,13H2,(H,24,25). The molecule has 1 unspecified atom stereocenters. The van der Waals surface area contributed by atoms with E-state index in [4.69, 9.17) is 9.47 Å². The number of aromatic nitrogens is 3. The highest BCUT2D eigenvalue weighted by atomic mass is 16.5. The van der Waals surface area contributed by atoms with Crippen LogP contribution in [-0.2, 0) is 9.53 Å². The Kier molecular flexibility index (Phi) is 5.97. The van der Waals surface area contributed by atoms with E-state index in [0.717, 1.165) is 32.1 Å². The van der Waals surface area contributed by atoms with E-state index in [1.165, 1.54) is 10.8 Å². The van der Waals surface area contributed by atoms with Crippen molar-refractivity contribution in [2.45, 2.75) is 44.2 Å². The molecule has 1 atom stereocenters. The van der Waals surface area contributed by atoms with Gasteiger partial charge in [-0.1, -0.05) is 31.2 Å². The number of hydrogen-bond acceptors (Lipinski definition) is 5. The van der Waals surface area contributed by atoms with E-state index in [-0.39, 0.29) is 11.7 Å². The van der Waals surface area contributed by atoms with Crippen molar-refractivity contribution in [2.75, 3.05) is 6.61 Å². The van der Waals surface area contributed by atoms with Crippen LogP contribution >= 0.6 is 0 Å². The van der Waals surface area contributed by atoms with Crippen LogP contribution in [0.2, 0.25) is 0 Å². The number of benzene rings is 1. The van der Waals surface area contributed by atoms with E-state index in [0.29, 0.717) is 28.8 Å². The number of nitrogens with one attached hydrogen (secondary N) is 1. The lowest BCUT2D eigenvalue weighted by molar-refractivity contribution is -0.153. The third-order valence-electron chi connectivity index (χ3n) is 5.41. The van der Waals surface area contributed by atoms with Crippen LogP contribution in [0.3, 0.4) is 0 Å². The quantitative estimate of drug-likeness (QED) is 0.476. The molecule has 0 radical (unpaired) electrons. The smallest absolute Gasteiger partial charge is 0.334 e. The minimum atomic E-state index is -0.911. The molecule has 0 aliphatic heterocycles. The summed E-state index contributed by atoms with van der Waals surface area (Å²) in [6.07, 6.45) is 9.60. The van der Waals surface area contributed by atoms with Crippen molar-refractivity contribution in [1.29, 1.82) is 0 Å². The number of aromatic amines is 1. The fourth-order valence-corrected chi connectivity index (χ4v) is 3.91. The number of ether oxygens (including phenoxy) is 2. The molecule has 156 valence electrons. The van der Waals surface area contributed by atoms with Gasteiger partial charge in [0.25, 0.3) is 5.56 Å². The zero-order chi connectivity index (χ0) is 20.9. The molecular formula is C23H25N3O4. The highest BCUT2D eigenvalue weighted by Gasteiger charge is 2.29. The van der Waals surface area contributed by atoms with Gasteiger partial charge in [-0.15, -0.1) is 0 Å². The van der Waals surface area contributed by atoms with Crippen LogP contribution in [-0.4, -0.2) is 33.4 Å². The van der Waals surface area contributed by atoms with Crippen LogP contribution < -0.4 is 10.3 Å². The predicted molar refractivity (Wildman–Crippen MR) is 114 cm³/mol. The summed E-state index contributed by atoms with van der Waals surface area (Å²) in [4.78, 5) is 26.4. The van der Waals surface area contributed by atoms with Gasteiger partial charge < -0.3 is 9.47 Å². The molecule has 1 aromatic carbocycles. The van der Waals surface area contributed by atoms with E-state index >= 15 is 0 Å². The summed E-state index contributed by atoms with van der Waals surface area (Å²) in [5.41, 5.74) is 0.949. The third-order valence-corrected chi connectivity index (χ3v) is 5.41. The number of fused-ring (bicyclic) bond motifs is 1. The topological polar surface area (TPSA) is 86.2 Å². The molecule has 2 heterocycles. The first-order chi connectivity index (χ1) is 14.7. The Morgan fingerprint density at radius 2 is 2.13 bits per heavy atom.